The topological polar surface area (TPSA) is 40.6 Å². The van der Waals surface area contributed by atoms with E-state index < -0.39 is 5.82 Å². The van der Waals surface area contributed by atoms with Gasteiger partial charge in [-0.2, -0.15) is 0 Å². The first kappa shape index (κ1) is 13.5. The van der Waals surface area contributed by atoms with E-state index in [1.54, 1.807) is 24.0 Å². The third-order valence-electron chi connectivity index (χ3n) is 3.41. The highest BCUT2D eigenvalue weighted by Crippen LogP contribution is 2.24. The summed E-state index contributed by atoms with van der Waals surface area (Å²) in [6, 6.07) is 4.66. The van der Waals surface area contributed by atoms with Crippen LogP contribution in [0.3, 0.4) is 0 Å². The van der Waals surface area contributed by atoms with Crippen molar-refractivity contribution in [3.05, 3.63) is 29.6 Å². The molecule has 1 amide bonds. The van der Waals surface area contributed by atoms with E-state index >= 15 is 0 Å². The average Bonchev–Trinajstić information content (AvgIpc) is 2.38. The monoisotopic (exact) mass is 264 g/mol. The maximum Gasteiger partial charge on any atom is 0.219 e. The summed E-state index contributed by atoms with van der Waals surface area (Å²) in [7, 11) is 0. The van der Waals surface area contributed by atoms with Crippen LogP contribution in [-0.4, -0.2) is 42.8 Å². The Labute approximate surface area is 111 Å². The van der Waals surface area contributed by atoms with Crippen molar-refractivity contribution in [2.24, 2.45) is 0 Å². The van der Waals surface area contributed by atoms with Crippen LogP contribution in [0, 0.1) is 5.82 Å². The fourth-order valence-corrected chi connectivity index (χ4v) is 2.39. The predicted octanol–water partition coefficient (Wildman–Crippen LogP) is 1.70. The van der Waals surface area contributed by atoms with Gasteiger partial charge in [0.2, 0.25) is 5.91 Å². The van der Waals surface area contributed by atoms with Crippen LogP contribution in [0.15, 0.2) is 18.2 Å². The van der Waals surface area contributed by atoms with Crippen molar-refractivity contribution in [1.82, 2.24) is 4.90 Å². The van der Waals surface area contributed by atoms with Crippen molar-refractivity contribution in [2.45, 2.75) is 13.8 Å². The van der Waals surface area contributed by atoms with Crippen LogP contribution >= 0.6 is 0 Å². The molecule has 0 radical (unpaired) electrons. The first-order valence-corrected chi connectivity index (χ1v) is 6.30. The van der Waals surface area contributed by atoms with Crippen LogP contribution in [0.1, 0.15) is 24.2 Å². The van der Waals surface area contributed by atoms with Gasteiger partial charge in [0, 0.05) is 33.1 Å². The summed E-state index contributed by atoms with van der Waals surface area (Å²) in [5.74, 6) is -0.716. The maximum absolute atomic E-state index is 13.7. The van der Waals surface area contributed by atoms with Crippen LogP contribution in [0.4, 0.5) is 10.1 Å². The smallest absolute Gasteiger partial charge is 0.219 e. The quantitative estimate of drug-likeness (QED) is 0.763. The largest absolute Gasteiger partial charge is 0.367 e. The standard InChI is InChI=1S/C14H17FN2O2/c1-10(18)14-12(15)4-3-5-13(14)17-8-6-16(7-9-17)11(2)19/h3-5H,6-9H2,1-2H3. The van der Waals surface area contributed by atoms with Crippen LogP contribution in [-0.2, 0) is 4.79 Å². The van der Waals surface area contributed by atoms with E-state index in [0.29, 0.717) is 31.9 Å². The third kappa shape index (κ3) is 2.75. The summed E-state index contributed by atoms with van der Waals surface area (Å²) in [5, 5.41) is 0. The number of amides is 1. The summed E-state index contributed by atoms with van der Waals surface area (Å²) in [5.41, 5.74) is 0.759. The molecule has 1 aliphatic rings. The molecule has 1 saturated heterocycles. The molecule has 0 saturated carbocycles. The van der Waals surface area contributed by atoms with Gasteiger partial charge < -0.3 is 9.80 Å². The van der Waals surface area contributed by atoms with Gasteiger partial charge >= 0.3 is 0 Å². The van der Waals surface area contributed by atoms with Gasteiger partial charge in [0.25, 0.3) is 0 Å². The summed E-state index contributed by atoms with van der Waals surface area (Å²) < 4.78 is 13.7. The Bertz CT molecular complexity index is 508. The van der Waals surface area contributed by atoms with Gasteiger partial charge in [-0.1, -0.05) is 6.07 Å². The van der Waals surface area contributed by atoms with Crippen LogP contribution in [0.5, 0.6) is 0 Å². The van der Waals surface area contributed by atoms with E-state index in [2.05, 4.69) is 0 Å². The van der Waals surface area contributed by atoms with Crippen LogP contribution in [0.2, 0.25) is 0 Å². The van der Waals surface area contributed by atoms with E-state index in [4.69, 9.17) is 0 Å². The van der Waals surface area contributed by atoms with Gasteiger partial charge in [-0.25, -0.2) is 4.39 Å². The van der Waals surface area contributed by atoms with Crippen molar-refractivity contribution in [3.63, 3.8) is 0 Å². The molecule has 1 aliphatic heterocycles. The van der Waals surface area contributed by atoms with Gasteiger partial charge in [0.15, 0.2) is 5.78 Å². The number of Topliss-reactive ketones (excluding diaryl/α,β-unsaturated/α-hetero) is 1. The summed E-state index contributed by atoms with van der Waals surface area (Å²) in [6.07, 6.45) is 0. The number of halogens is 1. The lowest BCUT2D eigenvalue weighted by Crippen LogP contribution is -2.48. The molecule has 0 bridgehead atoms. The fraction of sp³-hybridized carbons (Fsp3) is 0.429. The fourth-order valence-electron chi connectivity index (χ4n) is 2.39. The Balaban J connectivity index is 2.22. The van der Waals surface area contributed by atoms with E-state index in [1.165, 1.54) is 13.0 Å². The number of rotatable bonds is 2. The van der Waals surface area contributed by atoms with Crippen LogP contribution in [0.25, 0.3) is 0 Å². The minimum atomic E-state index is -0.487. The first-order chi connectivity index (χ1) is 9.00. The van der Waals surface area contributed by atoms with Gasteiger partial charge in [-0.3, -0.25) is 9.59 Å². The normalized spacial score (nSPS) is 15.5. The zero-order valence-corrected chi connectivity index (χ0v) is 11.1. The van der Waals surface area contributed by atoms with Gasteiger partial charge in [0.05, 0.1) is 11.3 Å². The molecule has 0 aliphatic carbocycles. The van der Waals surface area contributed by atoms with Crippen molar-refractivity contribution < 1.29 is 14.0 Å². The van der Waals surface area contributed by atoms with Gasteiger partial charge in [0.1, 0.15) is 5.82 Å². The summed E-state index contributed by atoms with van der Waals surface area (Å²) >= 11 is 0. The molecule has 1 aromatic rings. The molecule has 19 heavy (non-hydrogen) atoms. The van der Waals surface area contributed by atoms with Gasteiger partial charge in [-0.15, -0.1) is 0 Å². The Morgan fingerprint density at radius 1 is 1.11 bits per heavy atom. The predicted molar refractivity (Wildman–Crippen MR) is 70.9 cm³/mol. The third-order valence-corrected chi connectivity index (χ3v) is 3.41. The molecule has 1 fully saturated rings. The number of hydrogen-bond acceptors (Lipinski definition) is 3. The first-order valence-electron chi connectivity index (χ1n) is 6.30. The SMILES string of the molecule is CC(=O)c1c(F)cccc1N1CCN(C(C)=O)CC1. The second-order valence-corrected chi connectivity index (χ2v) is 4.68. The molecule has 1 aromatic carbocycles. The van der Waals surface area contributed by atoms with Crippen molar-refractivity contribution in [3.8, 4) is 0 Å². The Hall–Kier alpha value is -1.91. The molecule has 0 spiro atoms. The Morgan fingerprint density at radius 3 is 2.26 bits per heavy atom. The zero-order chi connectivity index (χ0) is 14.0. The highest BCUT2D eigenvalue weighted by atomic mass is 19.1. The number of nitrogens with zero attached hydrogens (tertiary/aromatic N) is 2. The van der Waals surface area contributed by atoms with E-state index in [9.17, 15) is 14.0 Å². The Morgan fingerprint density at radius 2 is 1.74 bits per heavy atom. The molecule has 4 nitrogen and oxygen atoms in total. The molecule has 102 valence electrons. The van der Waals surface area contributed by atoms with Crippen molar-refractivity contribution in [1.29, 1.82) is 0 Å². The number of carbonyl (C=O) groups excluding carboxylic acids is 2. The molecular weight excluding hydrogens is 247 g/mol. The number of ketones is 1. The highest BCUT2D eigenvalue weighted by Gasteiger charge is 2.23. The van der Waals surface area contributed by atoms with E-state index in [0.717, 1.165) is 0 Å². The van der Waals surface area contributed by atoms with Crippen molar-refractivity contribution in [2.75, 3.05) is 31.1 Å². The lowest BCUT2D eigenvalue weighted by Gasteiger charge is -2.36. The zero-order valence-electron chi connectivity index (χ0n) is 11.1. The van der Waals surface area contributed by atoms with E-state index in [1.807, 2.05) is 4.90 Å². The Kier molecular flexibility index (Phi) is 3.83. The number of piperazine rings is 1. The number of hydrogen-bond donors (Lipinski definition) is 0. The molecule has 0 unspecified atom stereocenters. The minimum Gasteiger partial charge on any atom is -0.367 e. The molecule has 5 heteroatoms. The minimum absolute atomic E-state index is 0.0469. The highest BCUT2D eigenvalue weighted by molar-refractivity contribution is 6.00. The number of benzene rings is 1. The molecule has 0 atom stereocenters. The van der Waals surface area contributed by atoms with Crippen LogP contribution < -0.4 is 4.90 Å². The average molecular weight is 264 g/mol. The molecule has 0 N–H and O–H groups in total. The van der Waals surface area contributed by atoms with E-state index in [-0.39, 0.29) is 17.3 Å². The number of anilines is 1. The van der Waals surface area contributed by atoms with Gasteiger partial charge in [-0.05, 0) is 19.1 Å². The van der Waals surface area contributed by atoms with Crippen molar-refractivity contribution >= 4 is 17.4 Å². The second-order valence-electron chi connectivity index (χ2n) is 4.68. The molecular formula is C14H17FN2O2. The lowest BCUT2D eigenvalue weighted by atomic mass is 10.1. The second kappa shape index (κ2) is 5.38. The molecule has 1 heterocycles. The molecule has 0 aromatic heterocycles. The maximum atomic E-state index is 13.7. The molecule has 2 rings (SSSR count). The summed E-state index contributed by atoms with van der Waals surface area (Å²) in [6.45, 7) is 5.34. The lowest BCUT2D eigenvalue weighted by molar-refractivity contribution is -0.129. The summed E-state index contributed by atoms with van der Waals surface area (Å²) in [4.78, 5) is 26.5. The number of carbonyl (C=O) groups is 2.